The average Bonchev–Trinajstić information content (AvgIpc) is 2.85. The number of piperidine rings is 1. The maximum atomic E-state index is 12.8. The number of methoxy groups -OCH3 is 1. The molecule has 1 saturated heterocycles. The van der Waals surface area contributed by atoms with Crippen molar-refractivity contribution in [3.8, 4) is 5.75 Å². The highest BCUT2D eigenvalue weighted by atomic mass is 32.2. The Bertz CT molecular complexity index is 1270. The molecule has 186 valence electrons. The van der Waals surface area contributed by atoms with Crippen molar-refractivity contribution in [1.82, 2.24) is 10.2 Å². The van der Waals surface area contributed by atoms with Crippen LogP contribution < -0.4 is 26.0 Å². The van der Waals surface area contributed by atoms with Gasteiger partial charge in [0.1, 0.15) is 5.75 Å². The average molecular weight is 497 g/mol. The second-order valence-corrected chi connectivity index (χ2v) is 11.4. The van der Waals surface area contributed by atoms with Gasteiger partial charge in [0.15, 0.2) is 15.7 Å². The van der Waals surface area contributed by atoms with E-state index in [-0.39, 0.29) is 10.9 Å². The summed E-state index contributed by atoms with van der Waals surface area (Å²) in [6, 6.07) is 14.9. The number of rotatable bonds is 8. The molecule has 9 nitrogen and oxygen atoms in total. The van der Waals surface area contributed by atoms with Crippen LogP contribution in [0.25, 0.3) is 0 Å². The molecule has 2 aromatic carbocycles. The summed E-state index contributed by atoms with van der Waals surface area (Å²) in [4.78, 5) is 2.56. The fourth-order valence-corrected chi connectivity index (χ4v) is 5.20. The van der Waals surface area contributed by atoms with Crippen LogP contribution in [-0.2, 0) is 9.84 Å². The topological polar surface area (TPSA) is 122 Å². The number of ether oxygens (including phenoxy) is 1. The number of sulfone groups is 1. The number of nitrogens with zero attached hydrogens (tertiary/aromatic N) is 3. The van der Waals surface area contributed by atoms with Crippen LogP contribution in [0.2, 0.25) is 0 Å². The molecule has 0 spiro atoms. The third-order valence-corrected chi connectivity index (χ3v) is 8.31. The normalized spacial score (nSPS) is 14.7. The van der Waals surface area contributed by atoms with E-state index in [9.17, 15) is 8.42 Å². The molecular formula is C25H32N6O3S. The molecular weight excluding hydrogens is 464 g/mol. The number of nitrogens with two attached hydrogens (primary N) is 1. The quantitative estimate of drug-likeness (QED) is 0.423. The third-order valence-electron chi connectivity index (χ3n) is 6.10. The lowest BCUT2D eigenvalue weighted by atomic mass is 10.1. The molecule has 10 heteroatoms. The van der Waals surface area contributed by atoms with Crippen molar-refractivity contribution >= 4 is 38.4 Å². The maximum Gasteiger partial charge on any atom is 0.182 e. The van der Waals surface area contributed by atoms with E-state index in [1.165, 1.54) is 0 Å². The van der Waals surface area contributed by atoms with Crippen LogP contribution in [0.5, 0.6) is 5.75 Å². The van der Waals surface area contributed by atoms with Gasteiger partial charge >= 0.3 is 0 Å². The molecule has 0 unspecified atom stereocenters. The van der Waals surface area contributed by atoms with Crippen LogP contribution >= 0.6 is 0 Å². The number of para-hydroxylation sites is 1. The molecule has 4 N–H and O–H groups in total. The van der Waals surface area contributed by atoms with E-state index < -0.39 is 15.1 Å². The summed E-state index contributed by atoms with van der Waals surface area (Å²) in [6.45, 7) is 5.18. The maximum absolute atomic E-state index is 12.8. The highest BCUT2D eigenvalue weighted by Crippen LogP contribution is 2.33. The second kappa shape index (κ2) is 10.5. The summed E-state index contributed by atoms with van der Waals surface area (Å²) < 4.78 is 31.2. The SMILES string of the molecule is COc1cc(N2CCC(N)CC2)ccc1Nc1cc(Nc2ccccc2S(=O)(=O)C(C)C)cnn1. The molecule has 1 aliphatic rings. The summed E-state index contributed by atoms with van der Waals surface area (Å²) >= 11 is 0. The minimum atomic E-state index is -3.45. The van der Waals surface area contributed by atoms with Gasteiger partial charge in [-0.2, -0.15) is 5.10 Å². The minimum absolute atomic E-state index is 0.247. The van der Waals surface area contributed by atoms with Crippen molar-refractivity contribution in [2.45, 2.75) is 42.9 Å². The highest BCUT2D eigenvalue weighted by Gasteiger charge is 2.22. The van der Waals surface area contributed by atoms with Gasteiger partial charge in [-0.05, 0) is 51.0 Å². The first-order valence-electron chi connectivity index (χ1n) is 11.7. The molecule has 0 atom stereocenters. The number of aromatic nitrogens is 2. The predicted molar refractivity (Wildman–Crippen MR) is 140 cm³/mol. The lowest BCUT2D eigenvalue weighted by Crippen LogP contribution is -2.39. The molecule has 0 bridgehead atoms. The van der Waals surface area contributed by atoms with Gasteiger partial charge in [0.05, 0.1) is 40.5 Å². The fourth-order valence-electron chi connectivity index (χ4n) is 4.00. The molecule has 35 heavy (non-hydrogen) atoms. The van der Waals surface area contributed by atoms with Gasteiger partial charge in [-0.15, -0.1) is 5.10 Å². The minimum Gasteiger partial charge on any atom is -0.494 e. The first-order chi connectivity index (χ1) is 16.8. The molecule has 0 saturated carbocycles. The smallest absolute Gasteiger partial charge is 0.182 e. The Morgan fingerprint density at radius 3 is 2.51 bits per heavy atom. The molecule has 4 rings (SSSR count). The van der Waals surface area contributed by atoms with Crippen LogP contribution in [0.3, 0.4) is 0 Å². The zero-order valence-electron chi connectivity index (χ0n) is 20.2. The second-order valence-electron chi connectivity index (χ2n) is 8.88. The summed E-state index contributed by atoms with van der Waals surface area (Å²) in [7, 11) is -1.82. The Morgan fingerprint density at radius 1 is 1.06 bits per heavy atom. The molecule has 0 amide bonds. The van der Waals surface area contributed by atoms with Crippen molar-refractivity contribution in [2.24, 2.45) is 5.73 Å². The van der Waals surface area contributed by atoms with Crippen molar-refractivity contribution in [1.29, 1.82) is 0 Å². The first kappa shape index (κ1) is 24.7. The van der Waals surface area contributed by atoms with E-state index in [1.807, 2.05) is 18.2 Å². The summed E-state index contributed by atoms with van der Waals surface area (Å²) in [5.74, 6) is 1.18. The van der Waals surface area contributed by atoms with Gasteiger partial charge in [0, 0.05) is 37.0 Å². The number of hydrogen-bond donors (Lipinski definition) is 3. The van der Waals surface area contributed by atoms with Crippen LogP contribution in [0, 0.1) is 0 Å². The van der Waals surface area contributed by atoms with Gasteiger partial charge in [0.2, 0.25) is 0 Å². The first-order valence-corrected chi connectivity index (χ1v) is 13.2. The number of benzene rings is 2. The number of anilines is 5. The Morgan fingerprint density at radius 2 is 1.80 bits per heavy atom. The number of hydrogen-bond acceptors (Lipinski definition) is 9. The van der Waals surface area contributed by atoms with Gasteiger partial charge in [0.25, 0.3) is 0 Å². The zero-order valence-corrected chi connectivity index (χ0v) is 21.0. The summed E-state index contributed by atoms with van der Waals surface area (Å²) in [5.41, 5.74) is 8.97. The van der Waals surface area contributed by atoms with Crippen LogP contribution in [0.4, 0.5) is 28.6 Å². The van der Waals surface area contributed by atoms with E-state index in [0.29, 0.717) is 22.9 Å². The molecule has 0 aliphatic carbocycles. The van der Waals surface area contributed by atoms with Crippen LogP contribution in [0.15, 0.2) is 59.6 Å². The fraction of sp³-hybridized carbons (Fsp3) is 0.360. The molecule has 1 aliphatic heterocycles. The largest absolute Gasteiger partial charge is 0.494 e. The van der Waals surface area contributed by atoms with E-state index >= 15 is 0 Å². The van der Waals surface area contributed by atoms with Crippen LogP contribution in [0.1, 0.15) is 26.7 Å². The summed E-state index contributed by atoms with van der Waals surface area (Å²) in [5, 5.41) is 14.1. The zero-order chi connectivity index (χ0) is 25.0. The van der Waals surface area contributed by atoms with Gasteiger partial charge in [-0.3, -0.25) is 0 Å². The predicted octanol–water partition coefficient (Wildman–Crippen LogP) is 4.08. The number of nitrogens with one attached hydrogen (secondary N) is 2. The van der Waals surface area contributed by atoms with E-state index in [1.54, 1.807) is 57.5 Å². The van der Waals surface area contributed by atoms with Crippen molar-refractivity contribution in [3.63, 3.8) is 0 Å². The van der Waals surface area contributed by atoms with Gasteiger partial charge in [-0.25, -0.2) is 8.42 Å². The van der Waals surface area contributed by atoms with E-state index in [4.69, 9.17) is 10.5 Å². The molecule has 1 aromatic heterocycles. The molecule has 3 aromatic rings. The highest BCUT2D eigenvalue weighted by molar-refractivity contribution is 7.92. The van der Waals surface area contributed by atoms with E-state index in [2.05, 4.69) is 25.7 Å². The van der Waals surface area contributed by atoms with Crippen LogP contribution in [-0.4, -0.2) is 50.1 Å². The monoisotopic (exact) mass is 496 g/mol. The lowest BCUT2D eigenvalue weighted by molar-refractivity contribution is 0.416. The Kier molecular flexibility index (Phi) is 7.42. The van der Waals surface area contributed by atoms with Gasteiger partial charge < -0.3 is 26.0 Å². The Labute approximate surface area is 206 Å². The Balaban J connectivity index is 1.54. The van der Waals surface area contributed by atoms with Crippen molar-refractivity contribution in [2.75, 3.05) is 35.7 Å². The van der Waals surface area contributed by atoms with Crippen molar-refractivity contribution < 1.29 is 13.2 Å². The third kappa shape index (κ3) is 5.66. The molecule has 2 heterocycles. The standard InChI is InChI=1S/C25H32N6O3S/c1-17(2)35(32,33)24-7-5-4-6-22(24)28-19-14-25(30-27-16-19)29-21-9-8-20(15-23(21)34-3)31-12-10-18(26)11-13-31/h4-9,14-18H,10-13,26H2,1-3H3,(H2,28,29,30). The van der Waals surface area contributed by atoms with Crippen molar-refractivity contribution in [3.05, 3.63) is 54.7 Å². The molecule has 0 radical (unpaired) electrons. The van der Waals surface area contributed by atoms with E-state index in [0.717, 1.165) is 37.3 Å². The Hall–Kier alpha value is -3.37. The lowest BCUT2D eigenvalue weighted by Gasteiger charge is -2.32. The van der Waals surface area contributed by atoms with Gasteiger partial charge in [-0.1, -0.05) is 12.1 Å². The summed E-state index contributed by atoms with van der Waals surface area (Å²) in [6.07, 6.45) is 3.49. The molecule has 1 fully saturated rings.